The number of ketones is 1. The molecule has 1 fully saturated rings. The molecule has 2 aliphatic rings. The molecule has 1 aliphatic carbocycles. The van der Waals surface area contributed by atoms with Crippen LogP contribution in [0.2, 0.25) is 0 Å². The van der Waals surface area contributed by atoms with Crippen LogP contribution in [0.25, 0.3) is 0 Å². The number of amides is 1. The lowest BCUT2D eigenvalue weighted by Crippen LogP contribution is -2.57. The van der Waals surface area contributed by atoms with Crippen LogP contribution in [0.1, 0.15) is 20.3 Å². The van der Waals surface area contributed by atoms with Crippen molar-refractivity contribution in [3.05, 3.63) is 22.3 Å². The number of halogens is 1. The number of morpholine rings is 1. The second-order valence-corrected chi connectivity index (χ2v) is 5.48. The van der Waals surface area contributed by atoms with Crippen molar-refractivity contribution in [2.75, 3.05) is 20.3 Å². The molecular formula is C14H18ClNO4. The fourth-order valence-corrected chi connectivity index (χ4v) is 2.95. The van der Waals surface area contributed by atoms with Gasteiger partial charge in [0.2, 0.25) is 5.91 Å². The highest BCUT2D eigenvalue weighted by Gasteiger charge is 2.47. The van der Waals surface area contributed by atoms with Crippen molar-refractivity contribution in [3.63, 3.8) is 0 Å². The van der Waals surface area contributed by atoms with Gasteiger partial charge in [0, 0.05) is 25.1 Å². The monoisotopic (exact) mass is 299 g/mol. The molecule has 1 N–H and O–H groups in total. The van der Waals surface area contributed by atoms with Gasteiger partial charge < -0.3 is 14.8 Å². The Morgan fingerprint density at radius 3 is 2.80 bits per heavy atom. The largest absolute Gasteiger partial charge is 0.371 e. The SMILES string of the molecule is COC1(C2CNC(=O)CO2)CC(C(C)=O)=CC(Cl)=C1C. The van der Waals surface area contributed by atoms with E-state index in [2.05, 4.69) is 5.32 Å². The zero-order chi connectivity index (χ0) is 14.9. The summed E-state index contributed by atoms with van der Waals surface area (Å²) < 4.78 is 11.3. The van der Waals surface area contributed by atoms with E-state index >= 15 is 0 Å². The number of Topliss-reactive ketones (excluding diaryl/α,β-unsaturated/α-hetero) is 1. The lowest BCUT2D eigenvalue weighted by atomic mass is 9.77. The van der Waals surface area contributed by atoms with E-state index in [0.717, 1.165) is 5.57 Å². The highest BCUT2D eigenvalue weighted by atomic mass is 35.5. The Hall–Kier alpha value is -1.17. The summed E-state index contributed by atoms with van der Waals surface area (Å²) in [7, 11) is 1.57. The van der Waals surface area contributed by atoms with Gasteiger partial charge in [-0.2, -0.15) is 0 Å². The zero-order valence-corrected chi connectivity index (χ0v) is 12.5. The second kappa shape index (κ2) is 5.68. The molecule has 20 heavy (non-hydrogen) atoms. The molecule has 1 amide bonds. The van der Waals surface area contributed by atoms with Crippen molar-refractivity contribution in [1.29, 1.82) is 0 Å². The van der Waals surface area contributed by atoms with E-state index < -0.39 is 5.60 Å². The third-order valence-corrected chi connectivity index (χ3v) is 4.38. The number of carbonyl (C=O) groups is 2. The molecule has 1 aliphatic heterocycles. The average molecular weight is 300 g/mol. The van der Waals surface area contributed by atoms with Crippen LogP contribution in [-0.4, -0.2) is 43.7 Å². The highest BCUT2D eigenvalue weighted by Crippen LogP contribution is 2.41. The number of allylic oxidation sites excluding steroid dienone is 2. The molecule has 1 saturated heterocycles. The molecule has 2 unspecified atom stereocenters. The molecule has 5 nitrogen and oxygen atoms in total. The van der Waals surface area contributed by atoms with Crippen LogP contribution in [0.4, 0.5) is 0 Å². The predicted molar refractivity (Wildman–Crippen MR) is 74.4 cm³/mol. The average Bonchev–Trinajstić information content (AvgIpc) is 2.42. The molecule has 6 heteroatoms. The van der Waals surface area contributed by atoms with Crippen LogP contribution in [0.5, 0.6) is 0 Å². The first-order valence-corrected chi connectivity index (χ1v) is 6.80. The summed E-state index contributed by atoms with van der Waals surface area (Å²) in [5.74, 6) is -0.199. The van der Waals surface area contributed by atoms with Crippen molar-refractivity contribution in [3.8, 4) is 0 Å². The first-order valence-electron chi connectivity index (χ1n) is 6.42. The third kappa shape index (κ3) is 2.53. The Labute approximate surface area is 122 Å². The Morgan fingerprint density at radius 2 is 2.30 bits per heavy atom. The van der Waals surface area contributed by atoms with E-state index in [1.165, 1.54) is 6.92 Å². The van der Waals surface area contributed by atoms with E-state index in [1.54, 1.807) is 13.2 Å². The van der Waals surface area contributed by atoms with E-state index in [4.69, 9.17) is 21.1 Å². The van der Waals surface area contributed by atoms with E-state index in [0.29, 0.717) is 23.6 Å². The lowest BCUT2D eigenvalue weighted by Gasteiger charge is -2.44. The molecule has 110 valence electrons. The Morgan fingerprint density at radius 1 is 1.60 bits per heavy atom. The highest BCUT2D eigenvalue weighted by molar-refractivity contribution is 6.32. The number of hydrogen-bond donors (Lipinski definition) is 1. The fraction of sp³-hybridized carbons (Fsp3) is 0.571. The normalized spacial score (nSPS) is 30.9. The van der Waals surface area contributed by atoms with Crippen molar-refractivity contribution in [2.24, 2.45) is 0 Å². The maximum atomic E-state index is 11.7. The van der Waals surface area contributed by atoms with Gasteiger partial charge in [-0.1, -0.05) is 11.6 Å². The number of methoxy groups -OCH3 is 1. The van der Waals surface area contributed by atoms with Crippen LogP contribution in [0.15, 0.2) is 22.3 Å². The van der Waals surface area contributed by atoms with Crippen molar-refractivity contribution in [1.82, 2.24) is 5.32 Å². The second-order valence-electron chi connectivity index (χ2n) is 5.07. The van der Waals surface area contributed by atoms with Crippen LogP contribution < -0.4 is 5.32 Å². The van der Waals surface area contributed by atoms with Crippen molar-refractivity contribution < 1.29 is 19.1 Å². The Bertz CT molecular complexity index is 501. The molecule has 0 bridgehead atoms. The van der Waals surface area contributed by atoms with Gasteiger partial charge in [0.25, 0.3) is 0 Å². The first kappa shape index (κ1) is 15.2. The number of rotatable bonds is 3. The molecule has 2 rings (SSSR count). The minimum Gasteiger partial charge on any atom is -0.371 e. The maximum Gasteiger partial charge on any atom is 0.246 e. The zero-order valence-electron chi connectivity index (χ0n) is 11.8. The van der Waals surface area contributed by atoms with Gasteiger partial charge in [0.1, 0.15) is 18.3 Å². The molecular weight excluding hydrogens is 282 g/mol. The summed E-state index contributed by atoms with van der Waals surface area (Å²) in [5, 5.41) is 3.24. The number of hydrogen-bond acceptors (Lipinski definition) is 4. The van der Waals surface area contributed by atoms with Crippen LogP contribution in [0.3, 0.4) is 0 Å². The van der Waals surface area contributed by atoms with Gasteiger partial charge in [0.15, 0.2) is 5.78 Å². The topological polar surface area (TPSA) is 64.6 Å². The Kier molecular flexibility index (Phi) is 4.32. The van der Waals surface area contributed by atoms with Crippen molar-refractivity contribution >= 4 is 23.3 Å². The van der Waals surface area contributed by atoms with Gasteiger partial charge in [-0.25, -0.2) is 0 Å². The van der Waals surface area contributed by atoms with Gasteiger partial charge in [-0.3, -0.25) is 9.59 Å². The summed E-state index contributed by atoms with van der Waals surface area (Å²) in [6.07, 6.45) is 1.70. The summed E-state index contributed by atoms with van der Waals surface area (Å²) in [5.41, 5.74) is 0.594. The minimum atomic E-state index is -0.819. The fourth-order valence-electron chi connectivity index (χ4n) is 2.66. The standard InChI is InChI=1S/C14H18ClNO4/c1-8-11(15)4-10(9(2)17)5-14(8,19-3)12-6-16-13(18)7-20-12/h4,12H,5-7H2,1-3H3,(H,16,18). The molecule has 1 heterocycles. The molecule has 2 atom stereocenters. The number of nitrogens with one attached hydrogen (secondary N) is 1. The quantitative estimate of drug-likeness (QED) is 0.853. The van der Waals surface area contributed by atoms with Crippen LogP contribution in [-0.2, 0) is 19.1 Å². The van der Waals surface area contributed by atoms with Crippen LogP contribution >= 0.6 is 11.6 Å². The number of carbonyl (C=O) groups excluding carboxylic acids is 2. The minimum absolute atomic E-state index is 0.0141. The number of ether oxygens (including phenoxy) is 2. The van der Waals surface area contributed by atoms with Crippen LogP contribution in [0, 0.1) is 0 Å². The van der Waals surface area contributed by atoms with Crippen molar-refractivity contribution in [2.45, 2.75) is 32.0 Å². The van der Waals surface area contributed by atoms with Gasteiger partial charge in [-0.05, 0) is 31.1 Å². The molecule has 0 aromatic rings. The smallest absolute Gasteiger partial charge is 0.246 e. The summed E-state index contributed by atoms with van der Waals surface area (Å²) in [4.78, 5) is 22.9. The summed E-state index contributed by atoms with van der Waals surface area (Å²) in [6.45, 7) is 3.68. The third-order valence-electron chi connectivity index (χ3n) is 3.98. The molecule has 0 spiro atoms. The predicted octanol–water partition coefficient (Wildman–Crippen LogP) is 1.32. The van der Waals surface area contributed by atoms with Gasteiger partial charge >= 0.3 is 0 Å². The molecule has 0 radical (unpaired) electrons. The lowest BCUT2D eigenvalue weighted by molar-refractivity contribution is -0.151. The van der Waals surface area contributed by atoms with E-state index in [1.807, 2.05) is 6.92 Å². The summed E-state index contributed by atoms with van der Waals surface area (Å²) in [6, 6.07) is 0. The van der Waals surface area contributed by atoms with E-state index in [-0.39, 0.29) is 24.4 Å². The molecule has 0 saturated carbocycles. The molecule has 0 aromatic carbocycles. The maximum absolute atomic E-state index is 11.7. The molecule has 0 aromatic heterocycles. The van der Waals surface area contributed by atoms with Gasteiger partial charge in [0.05, 0.1) is 0 Å². The van der Waals surface area contributed by atoms with E-state index in [9.17, 15) is 9.59 Å². The van der Waals surface area contributed by atoms with Gasteiger partial charge in [-0.15, -0.1) is 0 Å². The first-order chi connectivity index (χ1) is 9.40. The Balaban J connectivity index is 2.37. The summed E-state index contributed by atoms with van der Waals surface area (Å²) >= 11 is 6.24.